The van der Waals surface area contributed by atoms with Crippen molar-refractivity contribution in [2.75, 3.05) is 0 Å². The molecule has 0 fully saturated rings. The molecule has 0 atom stereocenters. The van der Waals surface area contributed by atoms with Crippen molar-refractivity contribution in [1.29, 1.82) is 0 Å². The quantitative estimate of drug-likeness (QED) is 0.484. The van der Waals surface area contributed by atoms with Gasteiger partial charge < -0.3 is 27.0 Å². The largest absolute Gasteiger partial charge is 2.00 e. The van der Waals surface area contributed by atoms with Gasteiger partial charge in [-0.25, -0.2) is 0 Å². The minimum absolute atomic E-state index is 0. The monoisotopic (exact) mass is 454 g/mol. The smallest absolute Gasteiger partial charge is 2.00 e. The van der Waals surface area contributed by atoms with E-state index in [9.17, 15) is 0 Å². The molecule has 4 heteroatoms. The van der Waals surface area contributed by atoms with Gasteiger partial charge in [0.1, 0.15) is 0 Å². The van der Waals surface area contributed by atoms with Gasteiger partial charge in [-0.1, -0.05) is 0 Å². The molecule has 0 aliphatic carbocycles. The molecular formula is Pt2S2. The first kappa shape index (κ1) is 36.3. The second kappa shape index (κ2) is 19.6. The molecule has 0 saturated carbocycles. The summed E-state index contributed by atoms with van der Waals surface area (Å²) in [6.45, 7) is 0. The maximum absolute atomic E-state index is 0. The van der Waals surface area contributed by atoms with Crippen molar-refractivity contribution in [1.82, 2.24) is 0 Å². The zero-order valence-corrected chi connectivity index (χ0v) is 7.63. The third-order valence-electron chi connectivity index (χ3n) is 0. The minimum atomic E-state index is 0. The van der Waals surface area contributed by atoms with Crippen LogP contribution < -0.4 is 0 Å². The Bertz CT molecular complexity index is 4.00. The van der Waals surface area contributed by atoms with E-state index < -0.39 is 0 Å². The third kappa shape index (κ3) is 8.95. The fourth-order valence-corrected chi connectivity index (χ4v) is 0. The summed E-state index contributed by atoms with van der Waals surface area (Å²) in [4.78, 5) is 0. The van der Waals surface area contributed by atoms with Crippen molar-refractivity contribution in [2.45, 2.75) is 0 Å². The van der Waals surface area contributed by atoms with Crippen LogP contribution in [0.3, 0.4) is 0 Å². The van der Waals surface area contributed by atoms with Crippen LogP contribution in [0.5, 0.6) is 0 Å². The summed E-state index contributed by atoms with van der Waals surface area (Å²) in [5.74, 6) is 0. The predicted octanol–water partition coefficient (Wildman–Crippen LogP) is -0.00980. The summed E-state index contributed by atoms with van der Waals surface area (Å²) in [6.07, 6.45) is 0. The molecular weight excluding hydrogens is 454 g/mol. The Morgan fingerprint density at radius 2 is 0.500 bits per heavy atom. The molecule has 0 radical (unpaired) electrons. The van der Waals surface area contributed by atoms with Gasteiger partial charge in [0, 0.05) is 0 Å². The van der Waals surface area contributed by atoms with E-state index in [4.69, 9.17) is 0 Å². The molecule has 0 aromatic heterocycles. The SMILES string of the molecule is [Pt+2].[Pt+2].[S-2].[S-2]. The van der Waals surface area contributed by atoms with Crippen LogP contribution in [-0.2, 0) is 69.1 Å². The molecule has 0 aliphatic rings. The molecule has 0 aromatic rings. The van der Waals surface area contributed by atoms with Gasteiger partial charge in [0.15, 0.2) is 0 Å². The summed E-state index contributed by atoms with van der Waals surface area (Å²) in [6, 6.07) is 0. The van der Waals surface area contributed by atoms with E-state index in [1.54, 1.807) is 0 Å². The van der Waals surface area contributed by atoms with Gasteiger partial charge in [-0.3, -0.25) is 0 Å². The zero-order valence-electron chi connectivity index (χ0n) is 1.45. The van der Waals surface area contributed by atoms with Crippen LogP contribution in [0.25, 0.3) is 0 Å². The maximum Gasteiger partial charge on any atom is 2.00 e. The van der Waals surface area contributed by atoms with Crippen LogP contribution in [0.4, 0.5) is 0 Å². The summed E-state index contributed by atoms with van der Waals surface area (Å²) < 4.78 is 0. The van der Waals surface area contributed by atoms with Crippen LogP contribution in [0.1, 0.15) is 0 Å². The summed E-state index contributed by atoms with van der Waals surface area (Å²) in [5, 5.41) is 0. The van der Waals surface area contributed by atoms with Gasteiger partial charge in [0.05, 0.1) is 0 Å². The van der Waals surface area contributed by atoms with Gasteiger partial charge in [0.2, 0.25) is 0 Å². The molecule has 0 aliphatic heterocycles. The molecule has 0 heterocycles. The van der Waals surface area contributed by atoms with Crippen molar-refractivity contribution in [2.24, 2.45) is 0 Å². The molecule has 0 nitrogen and oxygen atoms in total. The number of hydrogen-bond donors (Lipinski definition) is 0. The molecule has 0 bridgehead atoms. The molecule has 0 aromatic carbocycles. The van der Waals surface area contributed by atoms with Crippen molar-refractivity contribution in [3.05, 3.63) is 0 Å². The fourth-order valence-electron chi connectivity index (χ4n) is 0. The third-order valence-corrected chi connectivity index (χ3v) is 0. The number of hydrogen-bond acceptors (Lipinski definition) is 0. The second-order valence-corrected chi connectivity index (χ2v) is 0. The van der Waals surface area contributed by atoms with Gasteiger partial charge in [-0.2, -0.15) is 0 Å². The minimum Gasteiger partial charge on any atom is -2.00 e. The van der Waals surface area contributed by atoms with Crippen molar-refractivity contribution < 1.29 is 42.1 Å². The molecule has 0 N–H and O–H groups in total. The Hall–Kier alpha value is 2.08. The van der Waals surface area contributed by atoms with Crippen LogP contribution in [-0.4, -0.2) is 0 Å². The van der Waals surface area contributed by atoms with Crippen molar-refractivity contribution in [3.63, 3.8) is 0 Å². The maximum atomic E-state index is 0. The Kier molecular flexibility index (Phi) is 178. The first-order valence-corrected chi connectivity index (χ1v) is 0. The van der Waals surface area contributed by atoms with Gasteiger partial charge in [-0.05, 0) is 0 Å². The van der Waals surface area contributed by atoms with Gasteiger partial charge >= 0.3 is 42.1 Å². The van der Waals surface area contributed by atoms with E-state index in [2.05, 4.69) is 0 Å². The Morgan fingerprint density at radius 3 is 0.500 bits per heavy atom. The normalized spacial score (nSPS) is 0. The van der Waals surface area contributed by atoms with E-state index in [0.717, 1.165) is 0 Å². The predicted molar refractivity (Wildman–Crippen MR) is 14.7 cm³/mol. The zero-order chi connectivity index (χ0) is 0. The summed E-state index contributed by atoms with van der Waals surface area (Å²) in [5.41, 5.74) is 0. The van der Waals surface area contributed by atoms with E-state index in [0.29, 0.717) is 0 Å². The summed E-state index contributed by atoms with van der Waals surface area (Å²) >= 11 is 0. The average Bonchev–Trinajstić information content (AvgIpc) is 0. The van der Waals surface area contributed by atoms with E-state index in [-0.39, 0.29) is 69.1 Å². The van der Waals surface area contributed by atoms with Crippen molar-refractivity contribution in [3.8, 4) is 0 Å². The Labute approximate surface area is 68.5 Å². The van der Waals surface area contributed by atoms with Crippen LogP contribution in [0.2, 0.25) is 0 Å². The van der Waals surface area contributed by atoms with E-state index in [1.165, 1.54) is 0 Å². The Morgan fingerprint density at radius 1 is 0.500 bits per heavy atom. The molecule has 0 unspecified atom stereocenters. The van der Waals surface area contributed by atoms with Crippen LogP contribution in [0, 0.1) is 0 Å². The first-order valence-electron chi connectivity index (χ1n) is 0. The molecule has 32 valence electrons. The van der Waals surface area contributed by atoms with Crippen LogP contribution in [0.15, 0.2) is 0 Å². The standard InChI is InChI=1S/2Pt.2S/q2*+2;2*-2. The number of rotatable bonds is 0. The molecule has 0 amide bonds. The van der Waals surface area contributed by atoms with Crippen molar-refractivity contribution >= 4 is 27.0 Å². The van der Waals surface area contributed by atoms with E-state index in [1.807, 2.05) is 0 Å². The van der Waals surface area contributed by atoms with E-state index >= 15 is 0 Å². The molecule has 4 heavy (non-hydrogen) atoms. The average molecular weight is 454 g/mol. The first-order chi connectivity index (χ1) is 0. The second-order valence-electron chi connectivity index (χ2n) is 0. The van der Waals surface area contributed by atoms with Crippen LogP contribution >= 0.6 is 0 Å². The van der Waals surface area contributed by atoms with Gasteiger partial charge in [-0.15, -0.1) is 0 Å². The molecule has 0 saturated heterocycles. The Balaban J connectivity index is 0. The summed E-state index contributed by atoms with van der Waals surface area (Å²) in [7, 11) is 0. The molecule has 0 rings (SSSR count). The molecule has 0 spiro atoms. The fraction of sp³-hybridized carbons (Fsp3) is 0. The van der Waals surface area contributed by atoms with Gasteiger partial charge in [0.25, 0.3) is 0 Å². The topological polar surface area (TPSA) is 0 Å².